The highest BCUT2D eigenvalue weighted by Gasteiger charge is 2.51. The van der Waals surface area contributed by atoms with Gasteiger partial charge in [0.15, 0.2) is 29.7 Å². The Morgan fingerprint density at radius 2 is 1.65 bits per heavy atom. The molecule has 0 aliphatic carbocycles. The third-order valence-electron chi connectivity index (χ3n) is 6.38. The molecule has 4 rings (SSSR count). The molecule has 43 heavy (non-hydrogen) atoms. The summed E-state index contributed by atoms with van der Waals surface area (Å²) in [4.78, 5) is 36.2. The Kier molecular flexibility index (Phi) is 10.7. The first kappa shape index (κ1) is 32.3. The number of hydrogen-bond donors (Lipinski definition) is 0. The van der Waals surface area contributed by atoms with Crippen molar-refractivity contribution in [2.45, 2.75) is 57.0 Å². The van der Waals surface area contributed by atoms with E-state index >= 15 is 0 Å². The lowest BCUT2D eigenvalue weighted by molar-refractivity contribution is -0.212. The highest BCUT2D eigenvalue weighted by atomic mass is 35.5. The number of carbonyl (C=O) groups excluding carboxylic acids is 3. The van der Waals surface area contributed by atoms with Crippen molar-refractivity contribution in [3.8, 4) is 11.3 Å². The number of hydrogen-bond acceptors (Lipinski definition) is 10. The molecule has 2 heterocycles. The predicted octanol–water partition coefficient (Wildman–Crippen LogP) is 4.68. The zero-order chi connectivity index (χ0) is 31.3. The second-order valence-corrected chi connectivity index (χ2v) is 11.1. The highest BCUT2D eigenvalue weighted by Crippen LogP contribution is 2.39. The predicted molar refractivity (Wildman–Crippen MR) is 148 cm³/mol. The first-order chi connectivity index (χ1) is 20.4. The van der Waals surface area contributed by atoms with Gasteiger partial charge in [0, 0.05) is 37.1 Å². The van der Waals surface area contributed by atoms with Crippen LogP contribution in [-0.2, 0) is 39.8 Å². The monoisotopic (exact) mass is 641 g/mol. The molecule has 15 heteroatoms. The fraction of sp³-hybridized carbons (Fsp3) is 0.393. The zero-order valence-electron chi connectivity index (χ0n) is 23.2. The number of carbonyl (C=O) groups is 3. The molecule has 1 fully saturated rings. The van der Waals surface area contributed by atoms with E-state index < -0.39 is 65.1 Å². The van der Waals surface area contributed by atoms with Crippen LogP contribution >= 0.6 is 23.4 Å². The molecule has 0 radical (unpaired) electrons. The molecular weight excluding hydrogens is 615 g/mol. The number of nitrogens with zero attached hydrogens (tertiary/aromatic N) is 3. The lowest BCUT2D eigenvalue weighted by Gasteiger charge is -2.44. The molecule has 5 atom stereocenters. The van der Waals surface area contributed by atoms with Crippen LogP contribution in [0.4, 0.5) is 13.2 Å². The second kappa shape index (κ2) is 14.2. The van der Waals surface area contributed by atoms with Gasteiger partial charge in [0.1, 0.15) is 29.9 Å². The fourth-order valence-corrected chi connectivity index (χ4v) is 5.99. The van der Waals surface area contributed by atoms with Crippen LogP contribution in [0.2, 0.25) is 5.02 Å². The molecule has 1 aromatic heterocycles. The van der Waals surface area contributed by atoms with Crippen LogP contribution in [-0.4, -0.2) is 69.0 Å². The normalized spacial score (nSPS) is 21.7. The van der Waals surface area contributed by atoms with Gasteiger partial charge in [0.25, 0.3) is 0 Å². The topological polar surface area (TPSA) is 119 Å². The van der Waals surface area contributed by atoms with E-state index in [1.807, 2.05) is 12.1 Å². The summed E-state index contributed by atoms with van der Waals surface area (Å²) in [6, 6.07) is 7.69. The smallest absolute Gasteiger partial charge is 0.303 e. The van der Waals surface area contributed by atoms with Gasteiger partial charge in [-0.3, -0.25) is 14.4 Å². The Hall–Kier alpha value is -3.62. The van der Waals surface area contributed by atoms with E-state index in [0.29, 0.717) is 17.2 Å². The van der Waals surface area contributed by atoms with Crippen LogP contribution in [0.3, 0.4) is 0 Å². The molecule has 0 bridgehead atoms. The van der Waals surface area contributed by atoms with Crippen molar-refractivity contribution in [2.24, 2.45) is 0 Å². The molecule has 10 nitrogen and oxygen atoms in total. The summed E-state index contributed by atoms with van der Waals surface area (Å²) in [5.41, 5.74) is -0.184. The van der Waals surface area contributed by atoms with Crippen LogP contribution in [0.1, 0.15) is 32.4 Å². The van der Waals surface area contributed by atoms with Crippen LogP contribution in [0.25, 0.3) is 11.3 Å². The molecule has 0 saturated carbocycles. The number of aromatic nitrogens is 3. The molecule has 2 unspecified atom stereocenters. The maximum absolute atomic E-state index is 14.0. The van der Waals surface area contributed by atoms with Gasteiger partial charge < -0.3 is 18.9 Å². The third kappa shape index (κ3) is 8.06. The van der Waals surface area contributed by atoms with Gasteiger partial charge in [-0.05, 0) is 30.2 Å². The Balaban J connectivity index is 1.73. The number of rotatable bonds is 10. The lowest BCUT2D eigenvalue weighted by Crippen LogP contribution is -2.58. The van der Waals surface area contributed by atoms with Crippen LogP contribution in [0.15, 0.2) is 42.6 Å². The lowest BCUT2D eigenvalue weighted by atomic mass is 9.96. The van der Waals surface area contributed by atoms with Crippen molar-refractivity contribution >= 4 is 41.3 Å². The van der Waals surface area contributed by atoms with E-state index in [-0.39, 0.29) is 17.9 Å². The third-order valence-corrected chi connectivity index (χ3v) is 7.89. The maximum atomic E-state index is 14.0. The van der Waals surface area contributed by atoms with Crippen molar-refractivity contribution in [3.05, 3.63) is 70.6 Å². The zero-order valence-corrected chi connectivity index (χ0v) is 24.7. The molecule has 0 amide bonds. The molecule has 1 aliphatic heterocycles. The number of thioether (sulfide) groups is 1. The number of esters is 3. The Morgan fingerprint density at radius 1 is 1.00 bits per heavy atom. The van der Waals surface area contributed by atoms with Gasteiger partial charge in [-0.25, -0.2) is 17.9 Å². The van der Waals surface area contributed by atoms with Crippen molar-refractivity contribution < 1.29 is 46.5 Å². The summed E-state index contributed by atoms with van der Waals surface area (Å²) >= 11 is 7.57. The van der Waals surface area contributed by atoms with Crippen molar-refractivity contribution in [3.63, 3.8) is 0 Å². The minimum Gasteiger partial charge on any atom is -0.463 e. The van der Waals surface area contributed by atoms with E-state index in [0.717, 1.165) is 24.6 Å². The summed E-state index contributed by atoms with van der Waals surface area (Å²) in [6.07, 6.45) is -1.60. The van der Waals surface area contributed by atoms with Gasteiger partial charge in [-0.2, -0.15) is 0 Å². The summed E-state index contributed by atoms with van der Waals surface area (Å²) < 4.78 is 65.4. The van der Waals surface area contributed by atoms with Crippen molar-refractivity contribution in [1.29, 1.82) is 0 Å². The second-order valence-electron chi connectivity index (χ2n) is 9.53. The first-order valence-corrected chi connectivity index (χ1v) is 14.4. The van der Waals surface area contributed by atoms with E-state index in [1.54, 1.807) is 12.1 Å². The largest absolute Gasteiger partial charge is 0.463 e. The first-order valence-electron chi connectivity index (χ1n) is 13.0. The summed E-state index contributed by atoms with van der Waals surface area (Å²) in [5, 5.41) is 8.61. The fourth-order valence-electron chi connectivity index (χ4n) is 4.56. The van der Waals surface area contributed by atoms with E-state index in [9.17, 15) is 27.6 Å². The molecule has 230 valence electrons. The molecular formula is C28H27ClF3N3O7S. The minimum absolute atomic E-state index is 0.0492. The van der Waals surface area contributed by atoms with E-state index in [1.165, 1.54) is 36.5 Å². The molecule has 0 spiro atoms. The molecule has 2 aromatic carbocycles. The minimum atomic E-state index is -1.64. The molecule has 1 saturated heterocycles. The summed E-state index contributed by atoms with van der Waals surface area (Å²) in [5.74, 6) is -6.07. The van der Waals surface area contributed by atoms with Gasteiger partial charge in [-0.1, -0.05) is 35.0 Å². The SMILES string of the molecule is CC(=O)OCC1O[C@H](SCCc2ccccc2Cl)C(OC(C)=O)[C@@H](n2cc(-c3cc(F)c(F)c(F)c3)nn2)[C@H]1OC(C)=O. The number of ether oxygens (including phenoxy) is 4. The highest BCUT2D eigenvalue weighted by molar-refractivity contribution is 7.99. The van der Waals surface area contributed by atoms with E-state index in [4.69, 9.17) is 30.5 Å². The quantitative estimate of drug-likeness (QED) is 0.175. The standard InChI is InChI=1S/C28H27ClF3N3O7S/c1-14(36)39-13-23-26(40-15(2)37)25(35-12-22(33-34-35)18-10-20(30)24(32)21(31)11-18)27(41-16(3)38)28(42-23)43-9-8-17-6-4-5-7-19(17)29/h4-7,10-12,23,25-28H,8-9,13H2,1-3H3/t23?,25-,26-,27?,28+/m0/s1. The summed E-state index contributed by atoms with van der Waals surface area (Å²) in [7, 11) is 0. The Morgan fingerprint density at radius 3 is 2.28 bits per heavy atom. The number of benzene rings is 2. The van der Waals surface area contributed by atoms with Crippen LogP contribution < -0.4 is 0 Å². The number of aryl methyl sites for hydroxylation is 1. The van der Waals surface area contributed by atoms with Gasteiger partial charge in [0.2, 0.25) is 0 Å². The Bertz CT molecular complexity index is 1470. The molecule has 3 aromatic rings. The molecule has 1 aliphatic rings. The average molecular weight is 642 g/mol. The van der Waals surface area contributed by atoms with Gasteiger partial charge in [-0.15, -0.1) is 16.9 Å². The average Bonchev–Trinajstić information content (AvgIpc) is 3.42. The van der Waals surface area contributed by atoms with Gasteiger partial charge in [0.05, 0.1) is 6.20 Å². The van der Waals surface area contributed by atoms with E-state index in [2.05, 4.69) is 10.3 Å². The maximum Gasteiger partial charge on any atom is 0.303 e. The van der Waals surface area contributed by atoms with Crippen LogP contribution in [0.5, 0.6) is 0 Å². The van der Waals surface area contributed by atoms with Crippen molar-refractivity contribution in [2.75, 3.05) is 12.4 Å². The van der Waals surface area contributed by atoms with Crippen LogP contribution in [0, 0.1) is 17.5 Å². The number of halogens is 4. The van der Waals surface area contributed by atoms with Crippen molar-refractivity contribution in [1.82, 2.24) is 15.0 Å². The Labute approximate surface area is 253 Å². The summed E-state index contributed by atoms with van der Waals surface area (Å²) in [6.45, 7) is 3.21. The van der Waals surface area contributed by atoms with Gasteiger partial charge >= 0.3 is 17.9 Å². The molecule has 0 N–H and O–H groups in total.